The molecule has 0 spiro atoms. The van der Waals surface area contributed by atoms with Gasteiger partial charge < -0.3 is 14.1 Å². The van der Waals surface area contributed by atoms with Gasteiger partial charge in [0.15, 0.2) is 6.61 Å². The van der Waals surface area contributed by atoms with Gasteiger partial charge in [-0.05, 0) is 55.3 Å². The van der Waals surface area contributed by atoms with E-state index < -0.39 is 11.7 Å². The predicted molar refractivity (Wildman–Crippen MR) is 115 cm³/mol. The molecular formula is C22H18Cl2F3N3O3. The van der Waals surface area contributed by atoms with Crippen LogP contribution in [0.4, 0.5) is 13.2 Å². The quantitative estimate of drug-likeness (QED) is 0.440. The number of hydrogen-bond donors (Lipinski definition) is 0. The monoisotopic (exact) mass is 499 g/mol. The van der Waals surface area contributed by atoms with E-state index >= 15 is 0 Å². The van der Waals surface area contributed by atoms with E-state index in [0.29, 0.717) is 40.3 Å². The van der Waals surface area contributed by atoms with Gasteiger partial charge >= 0.3 is 6.18 Å². The van der Waals surface area contributed by atoms with Crippen LogP contribution in [-0.4, -0.2) is 40.7 Å². The Morgan fingerprint density at radius 3 is 2.61 bits per heavy atom. The van der Waals surface area contributed by atoms with Crippen LogP contribution in [0.1, 0.15) is 30.2 Å². The fraction of sp³-hybridized carbons (Fsp3) is 0.318. The predicted octanol–water partition coefficient (Wildman–Crippen LogP) is 5.85. The summed E-state index contributed by atoms with van der Waals surface area (Å²) in [6.45, 7) is 0.743. The first-order valence-electron chi connectivity index (χ1n) is 10.1. The Morgan fingerprint density at radius 1 is 1.15 bits per heavy atom. The number of alkyl halides is 3. The third-order valence-corrected chi connectivity index (χ3v) is 5.80. The number of likely N-dealkylation sites (tertiary alicyclic amines) is 1. The maximum absolute atomic E-state index is 12.8. The number of rotatable bonds is 5. The molecular weight excluding hydrogens is 482 g/mol. The lowest BCUT2D eigenvalue weighted by Crippen LogP contribution is -2.41. The molecule has 4 rings (SSSR count). The number of piperidine rings is 1. The van der Waals surface area contributed by atoms with E-state index in [1.807, 2.05) is 0 Å². The Balaban J connectivity index is 1.38. The molecule has 1 fully saturated rings. The summed E-state index contributed by atoms with van der Waals surface area (Å²) in [6, 6.07) is 9.25. The minimum absolute atomic E-state index is 0.128. The number of halogens is 5. The summed E-state index contributed by atoms with van der Waals surface area (Å²) in [4.78, 5) is 14.3. The highest BCUT2D eigenvalue weighted by atomic mass is 35.5. The highest BCUT2D eigenvalue weighted by Crippen LogP contribution is 2.32. The molecule has 11 heteroatoms. The summed E-state index contributed by atoms with van der Waals surface area (Å²) in [7, 11) is 0. The molecule has 6 nitrogen and oxygen atoms in total. The van der Waals surface area contributed by atoms with Gasteiger partial charge in [-0.1, -0.05) is 23.2 Å². The molecule has 174 valence electrons. The lowest BCUT2D eigenvalue weighted by molar-refractivity contribution is -0.137. The van der Waals surface area contributed by atoms with Crippen LogP contribution in [0.25, 0.3) is 11.5 Å². The Bertz CT molecular complexity index is 1140. The van der Waals surface area contributed by atoms with E-state index in [9.17, 15) is 18.0 Å². The van der Waals surface area contributed by atoms with Crippen LogP contribution >= 0.6 is 23.2 Å². The lowest BCUT2D eigenvalue weighted by atomic mass is 9.98. The van der Waals surface area contributed by atoms with E-state index in [-0.39, 0.29) is 24.3 Å². The van der Waals surface area contributed by atoms with Gasteiger partial charge in [0.2, 0.25) is 11.8 Å². The second-order valence-electron chi connectivity index (χ2n) is 7.56. The normalized spacial score (nSPS) is 16.6. The number of aromatic nitrogens is 2. The number of hydrogen-bond acceptors (Lipinski definition) is 5. The highest BCUT2D eigenvalue weighted by Gasteiger charge is 2.31. The molecule has 3 aromatic rings. The van der Waals surface area contributed by atoms with Crippen molar-refractivity contribution in [3.63, 3.8) is 0 Å². The topological polar surface area (TPSA) is 68.5 Å². The van der Waals surface area contributed by atoms with Gasteiger partial charge in [-0.2, -0.15) is 13.2 Å². The van der Waals surface area contributed by atoms with Crippen molar-refractivity contribution < 1.29 is 27.1 Å². The maximum atomic E-state index is 12.8. The third-order valence-electron chi connectivity index (χ3n) is 5.27. The molecule has 0 N–H and O–H groups in total. The summed E-state index contributed by atoms with van der Waals surface area (Å²) >= 11 is 11.9. The van der Waals surface area contributed by atoms with Crippen molar-refractivity contribution in [2.75, 3.05) is 19.7 Å². The number of benzene rings is 2. The molecule has 1 amide bonds. The van der Waals surface area contributed by atoms with Crippen molar-refractivity contribution in [2.24, 2.45) is 0 Å². The van der Waals surface area contributed by atoms with Gasteiger partial charge in [0.1, 0.15) is 5.75 Å². The molecule has 1 atom stereocenters. The van der Waals surface area contributed by atoms with Gasteiger partial charge in [0.05, 0.1) is 16.5 Å². The Morgan fingerprint density at radius 2 is 1.91 bits per heavy atom. The zero-order valence-corrected chi connectivity index (χ0v) is 18.6. The largest absolute Gasteiger partial charge is 0.482 e. The number of ether oxygens (including phenoxy) is 1. The van der Waals surface area contributed by atoms with Crippen LogP contribution in [0.5, 0.6) is 5.75 Å². The molecule has 33 heavy (non-hydrogen) atoms. The van der Waals surface area contributed by atoms with Crippen LogP contribution in [-0.2, 0) is 11.0 Å². The molecule has 0 bridgehead atoms. The van der Waals surface area contributed by atoms with E-state index in [0.717, 1.165) is 25.0 Å². The highest BCUT2D eigenvalue weighted by molar-refractivity contribution is 6.35. The van der Waals surface area contributed by atoms with E-state index in [1.165, 1.54) is 18.2 Å². The molecule has 1 saturated heterocycles. The SMILES string of the molecule is O=C(COc1ccc(Cl)cc1Cl)N1CCCC(c2nnc(-c3ccc(C(F)(F)F)cc3)o2)C1. The second-order valence-corrected chi connectivity index (χ2v) is 8.41. The van der Waals surface area contributed by atoms with Gasteiger partial charge in [-0.25, -0.2) is 0 Å². The summed E-state index contributed by atoms with van der Waals surface area (Å²) in [6.07, 6.45) is -2.95. The molecule has 0 saturated carbocycles. The number of carbonyl (C=O) groups excluding carboxylic acids is 1. The van der Waals surface area contributed by atoms with Gasteiger partial charge in [-0.15, -0.1) is 10.2 Å². The van der Waals surface area contributed by atoms with Crippen molar-refractivity contribution in [3.05, 3.63) is 64.0 Å². The summed E-state index contributed by atoms with van der Waals surface area (Å²) < 4.78 is 49.5. The van der Waals surface area contributed by atoms with E-state index in [2.05, 4.69) is 10.2 Å². The first-order chi connectivity index (χ1) is 15.7. The number of amides is 1. The zero-order chi connectivity index (χ0) is 23.6. The van der Waals surface area contributed by atoms with Gasteiger partial charge in [0.25, 0.3) is 5.91 Å². The molecule has 1 aromatic heterocycles. The molecule has 0 aliphatic carbocycles. The third kappa shape index (κ3) is 5.59. The van der Waals surface area contributed by atoms with Crippen molar-refractivity contribution in [2.45, 2.75) is 24.9 Å². The molecule has 1 aliphatic heterocycles. The Kier molecular flexibility index (Phi) is 6.81. The molecule has 0 radical (unpaired) electrons. The van der Waals surface area contributed by atoms with Crippen LogP contribution in [0.3, 0.4) is 0 Å². The first kappa shape index (κ1) is 23.4. The number of carbonyl (C=O) groups is 1. The van der Waals surface area contributed by atoms with E-state index in [1.54, 1.807) is 17.0 Å². The average molecular weight is 500 g/mol. The average Bonchev–Trinajstić information content (AvgIpc) is 3.28. The molecule has 1 unspecified atom stereocenters. The summed E-state index contributed by atoms with van der Waals surface area (Å²) in [5, 5.41) is 8.80. The van der Waals surface area contributed by atoms with Crippen molar-refractivity contribution in [3.8, 4) is 17.2 Å². The van der Waals surface area contributed by atoms with Crippen molar-refractivity contribution in [1.82, 2.24) is 15.1 Å². The Hall–Kier alpha value is -2.78. The fourth-order valence-corrected chi connectivity index (χ4v) is 4.01. The van der Waals surface area contributed by atoms with Crippen LogP contribution in [0.2, 0.25) is 10.0 Å². The molecule has 1 aliphatic rings. The minimum Gasteiger partial charge on any atom is -0.482 e. The smallest absolute Gasteiger partial charge is 0.416 e. The van der Waals surface area contributed by atoms with Crippen LogP contribution in [0.15, 0.2) is 46.9 Å². The first-order valence-corrected chi connectivity index (χ1v) is 10.8. The zero-order valence-electron chi connectivity index (χ0n) is 17.1. The van der Waals surface area contributed by atoms with Gasteiger partial charge in [-0.3, -0.25) is 4.79 Å². The lowest BCUT2D eigenvalue weighted by Gasteiger charge is -2.31. The molecule has 2 aromatic carbocycles. The number of nitrogens with zero attached hydrogens (tertiary/aromatic N) is 3. The standard InChI is InChI=1S/C22H18Cl2F3N3O3/c23-16-7-8-18(17(24)10-16)32-12-19(31)30-9-1-2-14(11-30)21-29-28-20(33-21)13-3-5-15(6-4-13)22(25,26)27/h3-8,10,14H,1-2,9,11-12H2. The van der Waals surface area contributed by atoms with Crippen molar-refractivity contribution >= 4 is 29.1 Å². The summed E-state index contributed by atoms with van der Waals surface area (Å²) in [5.41, 5.74) is -0.367. The second kappa shape index (κ2) is 9.61. The van der Waals surface area contributed by atoms with Crippen LogP contribution < -0.4 is 4.74 Å². The van der Waals surface area contributed by atoms with E-state index in [4.69, 9.17) is 32.4 Å². The molecule has 2 heterocycles. The fourth-order valence-electron chi connectivity index (χ4n) is 3.55. The van der Waals surface area contributed by atoms with Gasteiger partial charge in [0, 0.05) is 23.7 Å². The Labute approximate surface area is 197 Å². The maximum Gasteiger partial charge on any atom is 0.416 e. The van der Waals surface area contributed by atoms with Crippen LogP contribution in [0, 0.1) is 0 Å². The minimum atomic E-state index is -4.42. The summed E-state index contributed by atoms with van der Waals surface area (Å²) in [5.74, 6) is 0.429. The van der Waals surface area contributed by atoms with Crippen molar-refractivity contribution in [1.29, 1.82) is 0 Å².